The number of ether oxygens (including phenoxy) is 8. The summed E-state index contributed by atoms with van der Waals surface area (Å²) in [6.07, 6.45) is -6.59. The standard InChI is InChI=1S/C40H71NO12/c1-16-28-40(12,47-15)33(43)23(6)31-21(4)18-39(11,53-31)35(52-37-30(42)27(17-22(5)48-37)41(13)20(2)3)24(7)32(25(8)36(45)50-28)51-29-19-38(10,46-14)34(44)26(9)49-29/h20,22-30,32-35,37,42-44H,16-19H2,1-15H3/t22?,23-,24?,25?,26?,27?,28?,29-,30+,32?,33+,34-,35+,37?,38+,39-,40+/m0/s1. The Hall–Kier alpha value is -1.39. The molecule has 53 heavy (non-hydrogen) atoms. The number of fused-ring (bicyclic) bond motifs is 2. The van der Waals surface area contributed by atoms with Gasteiger partial charge in [-0.3, -0.25) is 9.69 Å². The third-order valence-corrected chi connectivity index (χ3v) is 13.0. The molecule has 3 fully saturated rings. The highest BCUT2D eigenvalue weighted by Gasteiger charge is 2.56. The van der Waals surface area contributed by atoms with Gasteiger partial charge in [0.05, 0.1) is 35.9 Å². The minimum atomic E-state index is -1.28. The lowest BCUT2D eigenvalue weighted by molar-refractivity contribution is -0.317. The van der Waals surface area contributed by atoms with E-state index in [-0.39, 0.29) is 24.6 Å². The molecule has 13 nitrogen and oxygen atoms in total. The first-order valence-electron chi connectivity index (χ1n) is 19.7. The molecule has 0 spiro atoms. The van der Waals surface area contributed by atoms with Gasteiger partial charge in [0, 0.05) is 51.0 Å². The number of rotatable bonds is 9. The van der Waals surface area contributed by atoms with Gasteiger partial charge in [0.15, 0.2) is 12.6 Å². The number of aliphatic hydroxyl groups is 3. The second kappa shape index (κ2) is 17.0. The van der Waals surface area contributed by atoms with Crippen LogP contribution in [0.3, 0.4) is 0 Å². The lowest BCUT2D eigenvalue weighted by Gasteiger charge is -2.49. The third-order valence-electron chi connectivity index (χ3n) is 13.0. The number of esters is 1. The van der Waals surface area contributed by atoms with E-state index in [1.165, 1.54) is 7.11 Å². The highest BCUT2D eigenvalue weighted by molar-refractivity contribution is 5.73. The van der Waals surface area contributed by atoms with E-state index in [0.29, 0.717) is 25.0 Å². The summed E-state index contributed by atoms with van der Waals surface area (Å²) < 4.78 is 51.4. The van der Waals surface area contributed by atoms with Gasteiger partial charge in [-0.05, 0) is 87.8 Å². The average Bonchev–Trinajstić information content (AvgIpc) is 3.43. The first-order valence-corrected chi connectivity index (χ1v) is 19.7. The van der Waals surface area contributed by atoms with E-state index in [1.807, 2.05) is 55.5 Å². The van der Waals surface area contributed by atoms with Crippen molar-refractivity contribution in [2.75, 3.05) is 21.3 Å². The smallest absolute Gasteiger partial charge is 0.311 e. The number of carbonyl (C=O) groups excluding carboxylic acids is 1. The van der Waals surface area contributed by atoms with Gasteiger partial charge in [-0.2, -0.15) is 0 Å². The summed E-state index contributed by atoms with van der Waals surface area (Å²) in [5, 5.41) is 34.8. The Kier molecular flexibility index (Phi) is 14.2. The molecule has 4 aliphatic rings. The van der Waals surface area contributed by atoms with Gasteiger partial charge in [-0.1, -0.05) is 20.8 Å². The molecule has 0 aromatic rings. The van der Waals surface area contributed by atoms with Crippen LogP contribution in [0, 0.1) is 17.8 Å². The Morgan fingerprint density at radius 3 is 2.15 bits per heavy atom. The van der Waals surface area contributed by atoms with Gasteiger partial charge >= 0.3 is 5.97 Å². The van der Waals surface area contributed by atoms with Crippen molar-refractivity contribution in [1.82, 2.24) is 4.90 Å². The van der Waals surface area contributed by atoms with E-state index in [2.05, 4.69) is 18.7 Å². The molecule has 8 unspecified atom stereocenters. The Bertz CT molecular complexity index is 1280. The Morgan fingerprint density at radius 2 is 1.58 bits per heavy atom. The van der Waals surface area contributed by atoms with E-state index < -0.39 is 95.8 Å². The normalized spacial score (nSPS) is 47.5. The monoisotopic (exact) mass is 757 g/mol. The van der Waals surface area contributed by atoms with Gasteiger partial charge in [-0.15, -0.1) is 0 Å². The molecule has 3 saturated heterocycles. The largest absolute Gasteiger partial charge is 0.489 e. The van der Waals surface area contributed by atoms with E-state index in [4.69, 9.17) is 37.9 Å². The number of cyclic esters (lactones) is 1. The third kappa shape index (κ3) is 8.65. The van der Waals surface area contributed by atoms with Crippen LogP contribution in [0.5, 0.6) is 0 Å². The first-order chi connectivity index (χ1) is 24.6. The molecule has 308 valence electrons. The van der Waals surface area contributed by atoms with Crippen LogP contribution in [-0.4, -0.2) is 138 Å². The molecule has 4 rings (SSSR count). The molecule has 0 aromatic heterocycles. The molecule has 0 aliphatic carbocycles. The molecule has 4 aliphatic heterocycles. The van der Waals surface area contributed by atoms with Crippen LogP contribution < -0.4 is 0 Å². The summed E-state index contributed by atoms with van der Waals surface area (Å²) >= 11 is 0. The van der Waals surface area contributed by atoms with Crippen molar-refractivity contribution < 1.29 is 58.0 Å². The molecule has 2 bridgehead atoms. The molecular weight excluding hydrogens is 686 g/mol. The maximum atomic E-state index is 14.3. The Balaban J connectivity index is 1.86. The highest BCUT2D eigenvalue weighted by atomic mass is 16.7. The van der Waals surface area contributed by atoms with Crippen molar-refractivity contribution >= 4 is 5.97 Å². The number of hydrogen-bond acceptors (Lipinski definition) is 13. The summed E-state index contributed by atoms with van der Waals surface area (Å²) in [4.78, 5) is 16.5. The SMILES string of the molecule is CCC1OC(=O)C(C)C(O[C@H]2C[C@@](C)(OC)[C@@H](O)C(C)O2)C(C)[C@@H](OC2OC(C)CC(N(C)C(C)C)[C@H]2O)[C@]2(C)CC(C)=C(O2)[C@H](C)[C@@H](O)[C@]1(C)OC. The van der Waals surface area contributed by atoms with Crippen molar-refractivity contribution in [3.63, 3.8) is 0 Å². The fourth-order valence-corrected chi connectivity index (χ4v) is 9.23. The number of hydrogen-bond donors (Lipinski definition) is 3. The molecule has 0 radical (unpaired) electrons. The molecule has 0 aromatic carbocycles. The van der Waals surface area contributed by atoms with Crippen molar-refractivity contribution in [2.45, 2.75) is 199 Å². The molecule has 3 N–H and O–H groups in total. The van der Waals surface area contributed by atoms with Crippen LogP contribution >= 0.6 is 0 Å². The van der Waals surface area contributed by atoms with Crippen molar-refractivity contribution in [3.8, 4) is 0 Å². The zero-order chi connectivity index (χ0) is 40.0. The fourth-order valence-electron chi connectivity index (χ4n) is 9.23. The topological polar surface area (TPSA) is 155 Å². The molecule has 13 heteroatoms. The van der Waals surface area contributed by atoms with Crippen LogP contribution in [-0.2, 0) is 42.7 Å². The fraction of sp³-hybridized carbons (Fsp3) is 0.925. The summed E-state index contributed by atoms with van der Waals surface area (Å²) in [7, 11) is 5.05. The summed E-state index contributed by atoms with van der Waals surface area (Å²) in [6, 6.07) is -0.0583. The summed E-state index contributed by atoms with van der Waals surface area (Å²) in [6.45, 7) is 22.9. The van der Waals surface area contributed by atoms with Crippen molar-refractivity contribution in [2.24, 2.45) is 17.8 Å². The zero-order valence-corrected chi connectivity index (χ0v) is 35.0. The Morgan fingerprint density at radius 1 is 0.943 bits per heavy atom. The van der Waals surface area contributed by atoms with E-state index in [1.54, 1.807) is 27.9 Å². The van der Waals surface area contributed by atoms with Gasteiger partial charge in [-0.25, -0.2) is 0 Å². The van der Waals surface area contributed by atoms with Crippen LogP contribution in [0.25, 0.3) is 0 Å². The van der Waals surface area contributed by atoms with Gasteiger partial charge in [0.1, 0.15) is 41.4 Å². The maximum Gasteiger partial charge on any atom is 0.311 e. The molecule has 17 atom stereocenters. The van der Waals surface area contributed by atoms with Gasteiger partial charge in [0.2, 0.25) is 0 Å². The van der Waals surface area contributed by atoms with E-state index in [9.17, 15) is 20.1 Å². The lowest BCUT2D eigenvalue weighted by Crippen LogP contribution is -2.61. The molecule has 4 heterocycles. The predicted molar refractivity (Wildman–Crippen MR) is 198 cm³/mol. The van der Waals surface area contributed by atoms with Crippen LogP contribution in [0.1, 0.15) is 109 Å². The second-order valence-corrected chi connectivity index (χ2v) is 17.3. The minimum Gasteiger partial charge on any atom is -0.489 e. The van der Waals surface area contributed by atoms with Crippen LogP contribution in [0.15, 0.2) is 11.3 Å². The predicted octanol–water partition coefficient (Wildman–Crippen LogP) is 4.33. The van der Waals surface area contributed by atoms with Gasteiger partial charge in [0.25, 0.3) is 0 Å². The lowest BCUT2D eigenvalue weighted by atomic mass is 9.78. The number of likely N-dealkylation sites (N-methyl/N-ethyl adjacent to an activating group) is 1. The van der Waals surface area contributed by atoms with Crippen LogP contribution in [0.4, 0.5) is 0 Å². The maximum absolute atomic E-state index is 14.3. The van der Waals surface area contributed by atoms with Crippen LogP contribution in [0.2, 0.25) is 0 Å². The number of methoxy groups -OCH3 is 2. The molecule has 0 saturated carbocycles. The number of carbonyl (C=O) groups is 1. The summed E-state index contributed by atoms with van der Waals surface area (Å²) in [5.41, 5.74) is -2.35. The van der Waals surface area contributed by atoms with Gasteiger partial charge < -0.3 is 53.2 Å². The second-order valence-electron chi connectivity index (χ2n) is 17.3. The quantitative estimate of drug-likeness (QED) is 0.286. The Labute approximate surface area is 317 Å². The van der Waals surface area contributed by atoms with Crippen molar-refractivity contribution in [3.05, 3.63) is 11.3 Å². The summed E-state index contributed by atoms with van der Waals surface area (Å²) in [5.74, 6) is -1.93. The number of aliphatic hydroxyl groups excluding tert-OH is 3. The zero-order valence-electron chi connectivity index (χ0n) is 35.0. The van der Waals surface area contributed by atoms with E-state index in [0.717, 1.165) is 5.57 Å². The van der Waals surface area contributed by atoms with Crippen molar-refractivity contribution in [1.29, 1.82) is 0 Å². The minimum absolute atomic E-state index is 0.173. The average molecular weight is 758 g/mol. The highest BCUT2D eigenvalue weighted by Crippen LogP contribution is 2.48. The first kappa shape index (κ1) is 44.3. The van der Waals surface area contributed by atoms with E-state index >= 15 is 0 Å². The molecule has 0 amide bonds. The number of nitrogens with zero attached hydrogens (tertiary/aromatic N) is 1. The molecular formula is C40H71NO12.